The van der Waals surface area contributed by atoms with Crippen LogP contribution in [0.15, 0.2) is 0 Å². The van der Waals surface area contributed by atoms with Gasteiger partial charge < -0.3 is 5.32 Å². The lowest BCUT2D eigenvalue weighted by Crippen LogP contribution is -2.20. The van der Waals surface area contributed by atoms with Crippen LogP contribution in [-0.4, -0.2) is 12.6 Å². The van der Waals surface area contributed by atoms with Crippen LogP contribution in [0.1, 0.15) is 104 Å². The van der Waals surface area contributed by atoms with Crippen molar-refractivity contribution >= 4 is 0 Å². The summed E-state index contributed by atoms with van der Waals surface area (Å²) in [5, 5.41) is 3.49. The van der Waals surface area contributed by atoms with Gasteiger partial charge in [0.05, 0.1) is 0 Å². The molecule has 1 heterocycles. The van der Waals surface area contributed by atoms with Gasteiger partial charge >= 0.3 is 0 Å². The minimum Gasteiger partial charge on any atom is -0.314 e. The van der Waals surface area contributed by atoms with Crippen molar-refractivity contribution in [3.8, 4) is 0 Å². The van der Waals surface area contributed by atoms with Crippen molar-refractivity contribution in [2.45, 2.75) is 110 Å². The molecule has 1 rings (SSSR count). The number of rotatable bonds is 10. The highest BCUT2D eigenvalue weighted by Crippen LogP contribution is 2.11. The molecule has 116 valence electrons. The van der Waals surface area contributed by atoms with E-state index in [1.807, 2.05) is 0 Å². The number of nitrogens with one attached hydrogen (secondary N) is 1. The summed E-state index contributed by atoms with van der Waals surface area (Å²) in [4.78, 5) is 0. The Balaban J connectivity index is 0.000000342. The third-order valence-electron chi connectivity index (χ3n) is 4.03. The Labute approximate surface area is 122 Å². The molecule has 1 aliphatic rings. The average Bonchev–Trinajstić information content (AvgIpc) is 2.94. The third kappa shape index (κ3) is 14.2. The zero-order valence-electron chi connectivity index (χ0n) is 14.0. The SMILES string of the molecule is CCCCC1CCCN1.CCCCCCCCCC. The lowest BCUT2D eigenvalue weighted by atomic mass is 10.1. The Morgan fingerprint density at radius 3 is 1.68 bits per heavy atom. The Bertz CT molecular complexity index is 142. The van der Waals surface area contributed by atoms with Gasteiger partial charge in [0, 0.05) is 6.04 Å². The van der Waals surface area contributed by atoms with E-state index in [0.29, 0.717) is 0 Å². The largest absolute Gasteiger partial charge is 0.314 e. The van der Waals surface area contributed by atoms with Gasteiger partial charge in [0.15, 0.2) is 0 Å². The van der Waals surface area contributed by atoms with Gasteiger partial charge in [0.1, 0.15) is 0 Å². The van der Waals surface area contributed by atoms with Crippen molar-refractivity contribution in [2.24, 2.45) is 0 Å². The third-order valence-corrected chi connectivity index (χ3v) is 4.03. The van der Waals surface area contributed by atoms with Gasteiger partial charge in [-0.05, 0) is 25.8 Å². The summed E-state index contributed by atoms with van der Waals surface area (Å²) in [6.45, 7) is 8.06. The highest BCUT2D eigenvalue weighted by Gasteiger charge is 2.11. The Kier molecular flexibility index (Phi) is 16.0. The van der Waals surface area contributed by atoms with Crippen LogP contribution >= 0.6 is 0 Å². The normalized spacial score (nSPS) is 18.2. The molecule has 1 heteroatoms. The standard InChI is InChI=1S/C10H22.C8H17N/c1-3-5-7-9-10-8-6-4-2;1-2-3-5-8-6-4-7-9-8/h3-10H2,1-2H3;8-9H,2-7H2,1H3. The maximum Gasteiger partial charge on any atom is 0.00675 e. The molecule has 0 aromatic carbocycles. The molecule has 1 unspecified atom stereocenters. The van der Waals surface area contributed by atoms with E-state index in [2.05, 4.69) is 26.1 Å². The molecule has 1 nitrogen and oxygen atoms in total. The van der Waals surface area contributed by atoms with Crippen molar-refractivity contribution in [1.29, 1.82) is 0 Å². The fourth-order valence-electron chi connectivity index (χ4n) is 2.66. The molecular weight excluding hydrogens is 230 g/mol. The minimum absolute atomic E-state index is 0.866. The van der Waals surface area contributed by atoms with Crippen LogP contribution in [0.3, 0.4) is 0 Å². The highest BCUT2D eigenvalue weighted by molar-refractivity contribution is 4.73. The average molecular weight is 270 g/mol. The lowest BCUT2D eigenvalue weighted by molar-refractivity contribution is 0.532. The first-order valence-corrected chi connectivity index (χ1v) is 9.08. The number of unbranched alkanes of at least 4 members (excludes halogenated alkanes) is 8. The first-order valence-electron chi connectivity index (χ1n) is 9.08. The van der Waals surface area contributed by atoms with Gasteiger partial charge in [-0.15, -0.1) is 0 Å². The molecule has 1 fully saturated rings. The van der Waals surface area contributed by atoms with Crippen LogP contribution in [0.25, 0.3) is 0 Å². The van der Waals surface area contributed by atoms with Gasteiger partial charge in [-0.3, -0.25) is 0 Å². The summed E-state index contributed by atoms with van der Waals surface area (Å²) in [6.07, 6.45) is 18.4. The van der Waals surface area contributed by atoms with Crippen LogP contribution in [0.4, 0.5) is 0 Å². The Morgan fingerprint density at radius 2 is 1.26 bits per heavy atom. The van der Waals surface area contributed by atoms with Crippen molar-refractivity contribution in [2.75, 3.05) is 6.54 Å². The zero-order valence-corrected chi connectivity index (χ0v) is 14.0. The van der Waals surface area contributed by atoms with E-state index in [-0.39, 0.29) is 0 Å². The molecule has 1 saturated heterocycles. The van der Waals surface area contributed by atoms with Gasteiger partial charge in [0.25, 0.3) is 0 Å². The van der Waals surface area contributed by atoms with Gasteiger partial charge in [0.2, 0.25) is 0 Å². The molecule has 0 spiro atoms. The van der Waals surface area contributed by atoms with E-state index in [1.165, 1.54) is 90.0 Å². The molecule has 0 aromatic rings. The highest BCUT2D eigenvalue weighted by atomic mass is 14.9. The molecule has 1 atom stereocenters. The van der Waals surface area contributed by atoms with Crippen LogP contribution in [0.2, 0.25) is 0 Å². The summed E-state index contributed by atoms with van der Waals surface area (Å²) in [7, 11) is 0. The molecule has 0 radical (unpaired) electrons. The quantitative estimate of drug-likeness (QED) is 0.474. The van der Waals surface area contributed by atoms with Crippen molar-refractivity contribution in [3.05, 3.63) is 0 Å². The Hall–Kier alpha value is -0.0400. The van der Waals surface area contributed by atoms with Gasteiger partial charge in [-0.25, -0.2) is 0 Å². The van der Waals surface area contributed by atoms with Crippen molar-refractivity contribution in [1.82, 2.24) is 5.32 Å². The first-order chi connectivity index (χ1) is 9.35. The second kappa shape index (κ2) is 16.0. The molecule has 0 amide bonds. The Morgan fingerprint density at radius 1 is 0.737 bits per heavy atom. The fraction of sp³-hybridized carbons (Fsp3) is 1.00. The van der Waals surface area contributed by atoms with Crippen molar-refractivity contribution < 1.29 is 0 Å². The predicted octanol–water partition coefficient (Wildman–Crippen LogP) is 6.08. The van der Waals surface area contributed by atoms with E-state index < -0.39 is 0 Å². The van der Waals surface area contributed by atoms with Crippen molar-refractivity contribution in [3.63, 3.8) is 0 Å². The smallest absolute Gasteiger partial charge is 0.00675 e. The van der Waals surface area contributed by atoms with E-state index in [4.69, 9.17) is 0 Å². The van der Waals surface area contributed by atoms with Crippen LogP contribution < -0.4 is 5.32 Å². The van der Waals surface area contributed by atoms with Gasteiger partial charge in [-0.1, -0.05) is 85.0 Å². The number of hydrogen-bond donors (Lipinski definition) is 1. The van der Waals surface area contributed by atoms with Crippen LogP contribution in [-0.2, 0) is 0 Å². The van der Waals surface area contributed by atoms with E-state index in [1.54, 1.807) is 0 Å². The van der Waals surface area contributed by atoms with Crippen LogP contribution in [0, 0.1) is 0 Å². The second-order valence-corrected chi connectivity index (χ2v) is 6.06. The lowest BCUT2D eigenvalue weighted by Gasteiger charge is -2.06. The minimum atomic E-state index is 0.866. The first kappa shape index (κ1) is 19.0. The molecular formula is C18H39N. The molecule has 1 N–H and O–H groups in total. The topological polar surface area (TPSA) is 12.0 Å². The van der Waals surface area contributed by atoms with E-state index in [0.717, 1.165) is 6.04 Å². The maximum atomic E-state index is 3.49. The maximum absolute atomic E-state index is 3.49. The number of hydrogen-bond acceptors (Lipinski definition) is 1. The van der Waals surface area contributed by atoms with Gasteiger partial charge in [-0.2, -0.15) is 0 Å². The molecule has 19 heavy (non-hydrogen) atoms. The van der Waals surface area contributed by atoms with E-state index in [9.17, 15) is 0 Å². The summed E-state index contributed by atoms with van der Waals surface area (Å²) in [5.41, 5.74) is 0. The summed E-state index contributed by atoms with van der Waals surface area (Å²) in [6, 6.07) is 0.866. The predicted molar refractivity (Wildman–Crippen MR) is 88.8 cm³/mol. The second-order valence-electron chi connectivity index (χ2n) is 6.06. The molecule has 1 aliphatic heterocycles. The summed E-state index contributed by atoms with van der Waals surface area (Å²) < 4.78 is 0. The molecule has 0 bridgehead atoms. The zero-order chi connectivity index (χ0) is 14.2. The summed E-state index contributed by atoms with van der Waals surface area (Å²) >= 11 is 0. The monoisotopic (exact) mass is 269 g/mol. The van der Waals surface area contributed by atoms with E-state index >= 15 is 0 Å². The van der Waals surface area contributed by atoms with Crippen LogP contribution in [0.5, 0.6) is 0 Å². The molecule has 0 aliphatic carbocycles. The summed E-state index contributed by atoms with van der Waals surface area (Å²) in [5.74, 6) is 0. The molecule has 0 aromatic heterocycles. The fourth-order valence-corrected chi connectivity index (χ4v) is 2.66. The molecule has 0 saturated carbocycles.